The van der Waals surface area contributed by atoms with Crippen LogP contribution < -0.4 is 5.73 Å². The molecule has 0 aromatic heterocycles. The highest BCUT2D eigenvalue weighted by molar-refractivity contribution is 5.93. The van der Waals surface area contributed by atoms with E-state index in [-0.39, 0.29) is 12.1 Å². The molecule has 2 N–H and O–H groups in total. The molecule has 0 heterocycles. The Bertz CT molecular complexity index is 363. The Morgan fingerprint density at radius 3 is 1.79 bits per heavy atom. The maximum atomic E-state index is 12.4. The standard InChI is InChI=1S/C21H42N2O/c1-6-8-9-10-11-12-13-14-15-16-17-18(3)19(4)21(24)23(5)20(22)7-2/h20H,6-17,22H2,1-5H3. The molecule has 1 unspecified atom stereocenters. The van der Waals surface area contributed by atoms with Crippen molar-refractivity contribution in [1.82, 2.24) is 4.90 Å². The average molecular weight is 339 g/mol. The minimum atomic E-state index is -0.183. The molecule has 0 aliphatic heterocycles. The van der Waals surface area contributed by atoms with Crippen molar-refractivity contribution < 1.29 is 4.79 Å². The third kappa shape index (κ3) is 10.1. The average Bonchev–Trinajstić information content (AvgIpc) is 2.60. The van der Waals surface area contributed by atoms with Gasteiger partial charge in [0.1, 0.15) is 0 Å². The lowest BCUT2D eigenvalue weighted by atomic mass is 10.0. The molecule has 0 fully saturated rings. The van der Waals surface area contributed by atoms with E-state index >= 15 is 0 Å². The number of unbranched alkanes of at least 4 members (excludes halogenated alkanes) is 9. The van der Waals surface area contributed by atoms with Gasteiger partial charge in [0.25, 0.3) is 0 Å². The normalized spacial score (nSPS) is 13.6. The van der Waals surface area contributed by atoms with Crippen molar-refractivity contribution in [3.05, 3.63) is 11.1 Å². The van der Waals surface area contributed by atoms with E-state index in [4.69, 9.17) is 5.73 Å². The van der Waals surface area contributed by atoms with Crippen molar-refractivity contribution in [2.75, 3.05) is 7.05 Å². The SMILES string of the molecule is CCCCCCCCCCCCC(C)=C(C)C(=O)N(C)C(N)CC. The molecule has 0 saturated carbocycles. The summed E-state index contributed by atoms with van der Waals surface area (Å²) in [6, 6.07) is 0. The topological polar surface area (TPSA) is 46.3 Å². The molecule has 0 aromatic carbocycles. The number of allylic oxidation sites excluding steroid dienone is 1. The number of likely N-dealkylation sites (N-methyl/N-ethyl adjacent to an activating group) is 1. The predicted molar refractivity (Wildman–Crippen MR) is 106 cm³/mol. The number of amides is 1. The van der Waals surface area contributed by atoms with Gasteiger partial charge in [0.15, 0.2) is 0 Å². The highest BCUT2D eigenvalue weighted by Gasteiger charge is 2.17. The fraction of sp³-hybridized carbons (Fsp3) is 0.857. The molecule has 0 spiro atoms. The van der Waals surface area contributed by atoms with Crippen LogP contribution in [0.5, 0.6) is 0 Å². The van der Waals surface area contributed by atoms with Crippen LogP contribution in [0, 0.1) is 0 Å². The first-order chi connectivity index (χ1) is 11.5. The van der Waals surface area contributed by atoms with Gasteiger partial charge in [0, 0.05) is 12.6 Å². The molecule has 0 saturated heterocycles. The van der Waals surface area contributed by atoms with Gasteiger partial charge < -0.3 is 10.6 Å². The molecule has 3 heteroatoms. The highest BCUT2D eigenvalue weighted by Crippen LogP contribution is 2.17. The zero-order valence-corrected chi connectivity index (χ0v) is 17.0. The predicted octanol–water partition coefficient (Wildman–Crippen LogP) is 5.79. The fourth-order valence-electron chi connectivity index (χ4n) is 2.94. The van der Waals surface area contributed by atoms with E-state index in [1.54, 1.807) is 11.9 Å². The van der Waals surface area contributed by atoms with Crippen molar-refractivity contribution in [1.29, 1.82) is 0 Å². The summed E-state index contributed by atoms with van der Waals surface area (Å²) in [4.78, 5) is 14.0. The zero-order valence-electron chi connectivity index (χ0n) is 17.0. The lowest BCUT2D eigenvalue weighted by molar-refractivity contribution is -0.127. The summed E-state index contributed by atoms with van der Waals surface area (Å²) in [7, 11) is 1.80. The van der Waals surface area contributed by atoms with Crippen molar-refractivity contribution in [2.45, 2.75) is 111 Å². The van der Waals surface area contributed by atoms with Crippen LogP contribution in [0.3, 0.4) is 0 Å². The van der Waals surface area contributed by atoms with Gasteiger partial charge in [0.2, 0.25) is 5.91 Å². The number of hydrogen-bond donors (Lipinski definition) is 1. The van der Waals surface area contributed by atoms with Crippen LogP contribution >= 0.6 is 0 Å². The van der Waals surface area contributed by atoms with E-state index in [1.807, 2.05) is 13.8 Å². The minimum Gasteiger partial charge on any atom is -0.327 e. The van der Waals surface area contributed by atoms with E-state index < -0.39 is 0 Å². The lowest BCUT2D eigenvalue weighted by Gasteiger charge is -2.24. The second-order valence-corrected chi connectivity index (χ2v) is 7.23. The Kier molecular flexibility index (Phi) is 14.0. The summed E-state index contributed by atoms with van der Waals surface area (Å²) < 4.78 is 0. The Balaban J connectivity index is 3.87. The van der Waals surface area contributed by atoms with Crippen molar-refractivity contribution >= 4 is 5.91 Å². The van der Waals surface area contributed by atoms with E-state index in [0.717, 1.165) is 18.4 Å². The van der Waals surface area contributed by atoms with Gasteiger partial charge in [-0.3, -0.25) is 4.79 Å². The molecule has 0 aliphatic rings. The molecule has 142 valence electrons. The first-order valence-corrected chi connectivity index (χ1v) is 10.1. The van der Waals surface area contributed by atoms with E-state index in [2.05, 4.69) is 13.8 Å². The molecule has 0 bridgehead atoms. The highest BCUT2D eigenvalue weighted by atomic mass is 16.2. The maximum absolute atomic E-state index is 12.4. The third-order valence-corrected chi connectivity index (χ3v) is 5.10. The molecule has 0 aliphatic carbocycles. The molecule has 0 radical (unpaired) electrons. The summed E-state index contributed by atoms with van der Waals surface area (Å²) in [6.07, 6.45) is 15.1. The van der Waals surface area contributed by atoms with Gasteiger partial charge in [0.05, 0.1) is 6.17 Å². The third-order valence-electron chi connectivity index (χ3n) is 5.10. The molecule has 0 aromatic rings. The van der Waals surface area contributed by atoms with Crippen LogP contribution in [-0.2, 0) is 4.79 Å². The molecular formula is C21H42N2O. The Morgan fingerprint density at radius 2 is 1.33 bits per heavy atom. The maximum Gasteiger partial charge on any atom is 0.250 e. The number of carbonyl (C=O) groups excluding carboxylic acids is 1. The van der Waals surface area contributed by atoms with E-state index in [1.165, 1.54) is 69.8 Å². The monoisotopic (exact) mass is 338 g/mol. The Hall–Kier alpha value is -0.830. The fourth-order valence-corrected chi connectivity index (χ4v) is 2.94. The smallest absolute Gasteiger partial charge is 0.250 e. The van der Waals surface area contributed by atoms with Crippen LogP contribution in [0.15, 0.2) is 11.1 Å². The van der Waals surface area contributed by atoms with Gasteiger partial charge in [-0.2, -0.15) is 0 Å². The summed E-state index contributed by atoms with van der Waals surface area (Å²) in [6.45, 7) is 8.30. The number of nitrogens with two attached hydrogens (primary N) is 1. The van der Waals surface area contributed by atoms with E-state index in [0.29, 0.717) is 0 Å². The lowest BCUT2D eigenvalue weighted by Crippen LogP contribution is -2.43. The Morgan fingerprint density at radius 1 is 0.875 bits per heavy atom. The second kappa shape index (κ2) is 14.5. The van der Waals surface area contributed by atoms with Crippen LogP contribution in [0.25, 0.3) is 0 Å². The number of rotatable bonds is 14. The van der Waals surface area contributed by atoms with Gasteiger partial charge in [-0.25, -0.2) is 0 Å². The van der Waals surface area contributed by atoms with Gasteiger partial charge in [-0.05, 0) is 33.1 Å². The summed E-state index contributed by atoms with van der Waals surface area (Å²) in [5.74, 6) is 0.0777. The molecule has 1 amide bonds. The number of nitrogens with zero attached hydrogens (tertiary/aromatic N) is 1. The molecule has 1 atom stereocenters. The van der Waals surface area contributed by atoms with Crippen LogP contribution in [0.1, 0.15) is 105 Å². The molecule has 24 heavy (non-hydrogen) atoms. The minimum absolute atomic E-state index is 0.0777. The van der Waals surface area contributed by atoms with Gasteiger partial charge in [-0.15, -0.1) is 0 Å². The van der Waals surface area contributed by atoms with Crippen LogP contribution in [0.4, 0.5) is 0 Å². The first-order valence-electron chi connectivity index (χ1n) is 10.1. The summed E-state index contributed by atoms with van der Waals surface area (Å²) >= 11 is 0. The van der Waals surface area contributed by atoms with Gasteiger partial charge in [-0.1, -0.05) is 77.2 Å². The van der Waals surface area contributed by atoms with Crippen LogP contribution in [-0.4, -0.2) is 24.0 Å². The first kappa shape index (κ1) is 23.2. The summed E-state index contributed by atoms with van der Waals surface area (Å²) in [5.41, 5.74) is 8.03. The second-order valence-electron chi connectivity index (χ2n) is 7.23. The van der Waals surface area contributed by atoms with E-state index in [9.17, 15) is 4.79 Å². The molecular weight excluding hydrogens is 296 g/mol. The molecule has 3 nitrogen and oxygen atoms in total. The molecule has 0 rings (SSSR count). The van der Waals surface area contributed by atoms with Gasteiger partial charge >= 0.3 is 0 Å². The van der Waals surface area contributed by atoms with Crippen molar-refractivity contribution in [2.24, 2.45) is 5.73 Å². The number of carbonyl (C=O) groups is 1. The van der Waals surface area contributed by atoms with Crippen molar-refractivity contribution in [3.8, 4) is 0 Å². The number of hydrogen-bond acceptors (Lipinski definition) is 2. The largest absolute Gasteiger partial charge is 0.327 e. The van der Waals surface area contributed by atoms with Crippen LogP contribution in [0.2, 0.25) is 0 Å². The quantitative estimate of drug-likeness (QED) is 0.248. The zero-order chi connectivity index (χ0) is 18.4. The Labute approximate surface area is 151 Å². The summed E-state index contributed by atoms with van der Waals surface area (Å²) in [5, 5.41) is 0. The van der Waals surface area contributed by atoms with Crippen molar-refractivity contribution in [3.63, 3.8) is 0 Å².